The summed E-state index contributed by atoms with van der Waals surface area (Å²) in [5.74, 6) is -0.936. The molecule has 0 N–H and O–H groups in total. The average Bonchev–Trinajstić information content (AvgIpc) is 3.31. The molecule has 0 aromatic rings. The lowest BCUT2D eigenvalue weighted by atomic mass is 10.0. The molecule has 0 aliphatic heterocycles. The van der Waals surface area contributed by atoms with Gasteiger partial charge in [0.05, 0.1) is 0 Å². The zero-order chi connectivity index (χ0) is 47.9. The summed E-state index contributed by atoms with van der Waals surface area (Å²) >= 11 is 0. The first kappa shape index (κ1) is 63.1. The maximum Gasteiger partial charge on any atom is 0.306 e. The number of allylic oxidation sites excluding steroid dienone is 10. The van der Waals surface area contributed by atoms with Crippen molar-refractivity contribution in [3.63, 3.8) is 0 Å². The second-order valence-electron chi connectivity index (χ2n) is 18.9. The molecule has 0 aromatic carbocycles. The van der Waals surface area contributed by atoms with Gasteiger partial charge in [-0.1, -0.05) is 248 Å². The topological polar surface area (TPSA) is 78.9 Å². The van der Waals surface area contributed by atoms with E-state index in [4.69, 9.17) is 14.2 Å². The normalized spacial score (nSPS) is 12.5. The molecule has 0 bridgehead atoms. The Hall–Kier alpha value is -2.89. The van der Waals surface area contributed by atoms with Crippen LogP contribution in [0.4, 0.5) is 0 Å². The summed E-state index contributed by atoms with van der Waals surface area (Å²) in [6.45, 7) is 6.50. The lowest BCUT2D eigenvalue weighted by Crippen LogP contribution is -2.30. The van der Waals surface area contributed by atoms with Gasteiger partial charge in [0, 0.05) is 19.3 Å². The fourth-order valence-corrected chi connectivity index (χ4v) is 8.04. The van der Waals surface area contributed by atoms with Crippen molar-refractivity contribution in [2.24, 2.45) is 0 Å². The molecule has 0 aliphatic carbocycles. The Labute approximate surface area is 409 Å². The highest BCUT2D eigenvalue weighted by Gasteiger charge is 2.19. The predicted molar refractivity (Wildman–Crippen MR) is 284 cm³/mol. The van der Waals surface area contributed by atoms with Crippen LogP contribution < -0.4 is 0 Å². The summed E-state index contributed by atoms with van der Waals surface area (Å²) in [7, 11) is 0. The van der Waals surface area contributed by atoms with Crippen molar-refractivity contribution in [2.75, 3.05) is 13.2 Å². The summed E-state index contributed by atoms with van der Waals surface area (Å²) in [4.78, 5) is 38.1. The van der Waals surface area contributed by atoms with Crippen molar-refractivity contribution in [1.82, 2.24) is 0 Å². The van der Waals surface area contributed by atoms with Crippen LogP contribution in [0.25, 0.3) is 0 Å². The number of carbonyl (C=O) groups is 3. The zero-order valence-corrected chi connectivity index (χ0v) is 43.7. The SMILES string of the molecule is CC/C=C\C/C=C\C/C=C\CCCCC(=O)OCC(COC(=O)CCCCCCC/C=C\C=C/CCCCCCCCC)OC(=O)CCCCCCCCCCCCCCCCCCCC. The molecule has 0 spiro atoms. The van der Waals surface area contributed by atoms with E-state index in [-0.39, 0.29) is 31.1 Å². The van der Waals surface area contributed by atoms with Gasteiger partial charge >= 0.3 is 17.9 Å². The lowest BCUT2D eigenvalue weighted by Gasteiger charge is -2.18. The van der Waals surface area contributed by atoms with Crippen molar-refractivity contribution in [1.29, 1.82) is 0 Å². The van der Waals surface area contributed by atoms with E-state index in [1.54, 1.807) is 0 Å². The first-order chi connectivity index (χ1) is 32.5. The summed E-state index contributed by atoms with van der Waals surface area (Å²) < 4.78 is 16.8. The highest BCUT2D eigenvalue weighted by atomic mass is 16.6. The van der Waals surface area contributed by atoms with Gasteiger partial charge < -0.3 is 14.2 Å². The van der Waals surface area contributed by atoms with Crippen molar-refractivity contribution in [2.45, 2.75) is 290 Å². The van der Waals surface area contributed by atoms with Crippen LogP contribution in [-0.2, 0) is 28.6 Å². The van der Waals surface area contributed by atoms with E-state index < -0.39 is 6.10 Å². The molecule has 6 heteroatoms. The molecule has 0 heterocycles. The summed E-state index contributed by atoms with van der Waals surface area (Å²) in [6, 6.07) is 0. The first-order valence-corrected chi connectivity index (χ1v) is 28.3. The van der Waals surface area contributed by atoms with Gasteiger partial charge in [-0.3, -0.25) is 14.4 Å². The Morgan fingerprint density at radius 2 is 0.636 bits per heavy atom. The Kier molecular flexibility index (Phi) is 52.3. The number of unbranched alkanes of at least 4 members (excludes halogenated alkanes) is 31. The minimum atomic E-state index is -0.794. The van der Waals surface area contributed by atoms with Crippen LogP contribution in [0.3, 0.4) is 0 Å². The quantitative estimate of drug-likeness (QED) is 0.0199. The van der Waals surface area contributed by atoms with Crippen molar-refractivity contribution >= 4 is 17.9 Å². The molecular formula is C60H106O6. The number of hydrogen-bond acceptors (Lipinski definition) is 6. The molecule has 1 unspecified atom stereocenters. The lowest BCUT2D eigenvalue weighted by molar-refractivity contribution is -0.167. The molecule has 0 radical (unpaired) electrons. The fraction of sp³-hybridized carbons (Fsp3) is 0.783. The third-order valence-electron chi connectivity index (χ3n) is 12.3. The maximum atomic E-state index is 12.8. The number of esters is 3. The van der Waals surface area contributed by atoms with Crippen LogP contribution in [0.5, 0.6) is 0 Å². The third kappa shape index (κ3) is 52.1. The molecule has 0 aromatic heterocycles. The predicted octanol–water partition coefficient (Wildman–Crippen LogP) is 18.8. The molecule has 0 fully saturated rings. The average molecular weight is 924 g/mol. The number of rotatable bonds is 51. The van der Waals surface area contributed by atoms with E-state index >= 15 is 0 Å². The molecule has 1 atom stereocenters. The second-order valence-corrected chi connectivity index (χ2v) is 18.9. The number of hydrogen-bond donors (Lipinski definition) is 0. The smallest absolute Gasteiger partial charge is 0.306 e. The van der Waals surface area contributed by atoms with E-state index in [1.807, 2.05) is 0 Å². The van der Waals surface area contributed by atoms with E-state index in [0.29, 0.717) is 19.3 Å². The van der Waals surface area contributed by atoms with E-state index in [1.165, 1.54) is 148 Å². The Balaban J connectivity index is 4.38. The van der Waals surface area contributed by atoms with Gasteiger partial charge in [-0.05, 0) is 77.0 Å². The van der Waals surface area contributed by atoms with Gasteiger partial charge in [-0.15, -0.1) is 0 Å². The minimum absolute atomic E-state index is 0.0923. The molecular weight excluding hydrogens is 817 g/mol. The molecule has 382 valence electrons. The van der Waals surface area contributed by atoms with Gasteiger partial charge in [0.1, 0.15) is 13.2 Å². The van der Waals surface area contributed by atoms with E-state index in [2.05, 4.69) is 81.5 Å². The molecule has 0 amide bonds. The first-order valence-electron chi connectivity index (χ1n) is 28.3. The minimum Gasteiger partial charge on any atom is -0.462 e. The van der Waals surface area contributed by atoms with Gasteiger partial charge in [-0.2, -0.15) is 0 Å². The van der Waals surface area contributed by atoms with Crippen molar-refractivity contribution < 1.29 is 28.6 Å². The maximum absolute atomic E-state index is 12.8. The van der Waals surface area contributed by atoms with Crippen LogP contribution in [-0.4, -0.2) is 37.2 Å². The van der Waals surface area contributed by atoms with E-state index in [9.17, 15) is 14.4 Å². The molecule has 66 heavy (non-hydrogen) atoms. The summed E-state index contributed by atoms with van der Waals surface area (Å²) in [6.07, 6.45) is 67.9. The van der Waals surface area contributed by atoms with Crippen LogP contribution in [0.1, 0.15) is 284 Å². The van der Waals surface area contributed by atoms with Crippen LogP contribution in [0.2, 0.25) is 0 Å². The van der Waals surface area contributed by atoms with Crippen LogP contribution in [0, 0.1) is 0 Å². The molecule has 0 rings (SSSR count). The number of carbonyl (C=O) groups excluding carboxylic acids is 3. The molecule has 0 saturated carbocycles. The molecule has 6 nitrogen and oxygen atoms in total. The zero-order valence-electron chi connectivity index (χ0n) is 43.7. The van der Waals surface area contributed by atoms with E-state index in [0.717, 1.165) is 96.3 Å². The third-order valence-corrected chi connectivity index (χ3v) is 12.3. The molecule has 0 saturated heterocycles. The highest BCUT2D eigenvalue weighted by molar-refractivity contribution is 5.71. The van der Waals surface area contributed by atoms with Crippen molar-refractivity contribution in [3.8, 4) is 0 Å². The van der Waals surface area contributed by atoms with Crippen LogP contribution >= 0.6 is 0 Å². The monoisotopic (exact) mass is 923 g/mol. The Morgan fingerprint density at radius 3 is 1.05 bits per heavy atom. The fourth-order valence-electron chi connectivity index (χ4n) is 8.04. The largest absolute Gasteiger partial charge is 0.462 e. The van der Waals surface area contributed by atoms with Crippen molar-refractivity contribution in [3.05, 3.63) is 60.8 Å². The summed E-state index contributed by atoms with van der Waals surface area (Å²) in [5, 5.41) is 0. The standard InChI is InChI=1S/C60H106O6/c1-4-7-10-13-16-19-22-25-27-29-31-33-35-38-41-44-47-50-53-59(62)65-56-57(55-64-58(61)52-49-46-43-40-37-24-21-18-15-12-9-6-3)66-60(63)54-51-48-45-42-39-36-34-32-30-28-26-23-20-17-14-11-8-5-2/h9,12,18,21,27,29,31,33,37,40,57H,4-8,10-11,13-17,19-20,22-26,28,30,32,34-36,38-39,41-56H2,1-3H3/b12-9-,21-18-,29-27-,33-31-,40-37-. The second kappa shape index (κ2) is 54.7. The summed E-state index contributed by atoms with van der Waals surface area (Å²) in [5.41, 5.74) is 0. The van der Waals surface area contributed by atoms with Gasteiger partial charge in [0.2, 0.25) is 0 Å². The Bertz CT molecular complexity index is 1200. The van der Waals surface area contributed by atoms with Gasteiger partial charge in [-0.25, -0.2) is 0 Å². The van der Waals surface area contributed by atoms with Gasteiger partial charge in [0.25, 0.3) is 0 Å². The number of ether oxygens (including phenoxy) is 3. The van der Waals surface area contributed by atoms with Gasteiger partial charge in [0.15, 0.2) is 6.10 Å². The highest BCUT2D eigenvalue weighted by Crippen LogP contribution is 2.16. The Morgan fingerprint density at radius 1 is 0.333 bits per heavy atom. The van der Waals surface area contributed by atoms with Crippen LogP contribution in [0.15, 0.2) is 60.8 Å². The molecule has 0 aliphatic rings.